The number of aromatic nitrogens is 3. The van der Waals surface area contributed by atoms with Crippen molar-refractivity contribution >= 4 is 11.0 Å². The van der Waals surface area contributed by atoms with Gasteiger partial charge in [-0.3, -0.25) is 9.88 Å². The second kappa shape index (κ2) is 7.98. The fraction of sp³-hybridized carbons (Fsp3) is 0.429. The van der Waals surface area contributed by atoms with Crippen molar-refractivity contribution < 1.29 is 4.74 Å². The molecule has 4 rings (SSSR count). The number of fused-ring (bicyclic) bond motifs is 2. The average Bonchev–Trinajstić information content (AvgIpc) is 3.09. The Labute approximate surface area is 154 Å². The maximum absolute atomic E-state index is 5.28. The molecule has 26 heavy (non-hydrogen) atoms. The minimum absolute atomic E-state index is 0.352. The number of rotatable bonds is 7. The first-order valence-corrected chi connectivity index (χ1v) is 9.45. The molecule has 2 heterocycles. The monoisotopic (exact) mass is 350 g/mol. The largest absolute Gasteiger partial charge is 0.385 e. The summed E-state index contributed by atoms with van der Waals surface area (Å²) in [5.41, 5.74) is 4.76. The van der Waals surface area contributed by atoms with Crippen molar-refractivity contribution in [1.29, 1.82) is 0 Å². The van der Waals surface area contributed by atoms with Gasteiger partial charge in [0.05, 0.1) is 29.3 Å². The Kier molecular flexibility index (Phi) is 5.27. The number of aromatic amines is 1. The van der Waals surface area contributed by atoms with Gasteiger partial charge in [0.1, 0.15) is 5.82 Å². The molecular formula is C21H26N4O. The van der Waals surface area contributed by atoms with Gasteiger partial charge in [-0.25, -0.2) is 4.98 Å². The smallest absolute Gasteiger partial charge is 0.121 e. The molecule has 2 aromatic heterocycles. The number of aryl methyl sites for hydroxylation is 1. The van der Waals surface area contributed by atoms with E-state index in [0.717, 1.165) is 55.8 Å². The van der Waals surface area contributed by atoms with Crippen molar-refractivity contribution in [2.45, 2.75) is 38.3 Å². The molecule has 0 aliphatic heterocycles. The Hall–Kier alpha value is -2.24. The van der Waals surface area contributed by atoms with Crippen LogP contribution in [0.3, 0.4) is 0 Å². The summed E-state index contributed by atoms with van der Waals surface area (Å²) in [6.07, 6.45) is 6.43. The lowest BCUT2D eigenvalue weighted by Crippen LogP contribution is -2.33. The Bertz CT molecular complexity index is 827. The van der Waals surface area contributed by atoms with Gasteiger partial charge < -0.3 is 9.72 Å². The van der Waals surface area contributed by atoms with Crippen molar-refractivity contribution in [1.82, 2.24) is 19.9 Å². The molecule has 136 valence electrons. The lowest BCUT2D eigenvalue weighted by Gasteiger charge is -2.34. The maximum atomic E-state index is 5.28. The van der Waals surface area contributed by atoms with Gasteiger partial charge >= 0.3 is 0 Å². The molecule has 1 atom stereocenters. The first-order valence-electron chi connectivity index (χ1n) is 9.45. The van der Waals surface area contributed by atoms with E-state index < -0.39 is 0 Å². The molecular weight excluding hydrogens is 324 g/mol. The van der Waals surface area contributed by atoms with Crippen molar-refractivity contribution in [3.63, 3.8) is 0 Å². The van der Waals surface area contributed by atoms with Gasteiger partial charge in [-0.15, -0.1) is 0 Å². The van der Waals surface area contributed by atoms with E-state index >= 15 is 0 Å². The van der Waals surface area contributed by atoms with E-state index in [1.54, 1.807) is 7.11 Å². The zero-order valence-electron chi connectivity index (χ0n) is 15.3. The van der Waals surface area contributed by atoms with Gasteiger partial charge in [0, 0.05) is 26.5 Å². The normalized spacial score (nSPS) is 16.9. The van der Waals surface area contributed by atoms with Crippen LogP contribution in [0.4, 0.5) is 0 Å². The average molecular weight is 350 g/mol. The Balaban J connectivity index is 1.60. The molecule has 5 nitrogen and oxygen atoms in total. The summed E-state index contributed by atoms with van der Waals surface area (Å²) < 4.78 is 5.28. The second-order valence-electron chi connectivity index (χ2n) is 6.97. The summed E-state index contributed by atoms with van der Waals surface area (Å²) in [5.74, 6) is 1.02. The highest BCUT2D eigenvalue weighted by atomic mass is 16.5. The number of ether oxygens (including phenoxy) is 1. The van der Waals surface area contributed by atoms with Crippen LogP contribution in [0.5, 0.6) is 0 Å². The Morgan fingerprint density at radius 1 is 1.23 bits per heavy atom. The highest BCUT2D eigenvalue weighted by Gasteiger charge is 2.27. The molecule has 0 amide bonds. The van der Waals surface area contributed by atoms with Crippen LogP contribution in [0.15, 0.2) is 42.6 Å². The SMILES string of the molecule is COCCCN(Cc1nc2ccccc2[nH]1)[C@H]1CCCc2cccnc21. The van der Waals surface area contributed by atoms with Crippen LogP contribution >= 0.6 is 0 Å². The predicted molar refractivity (Wildman–Crippen MR) is 103 cm³/mol. The molecule has 3 aromatic rings. The van der Waals surface area contributed by atoms with Gasteiger partial charge in [0.2, 0.25) is 0 Å². The third-order valence-electron chi connectivity index (χ3n) is 5.19. The van der Waals surface area contributed by atoms with Crippen molar-refractivity contribution in [2.24, 2.45) is 0 Å². The molecule has 0 spiro atoms. The van der Waals surface area contributed by atoms with Crippen molar-refractivity contribution in [2.75, 3.05) is 20.3 Å². The summed E-state index contributed by atoms with van der Waals surface area (Å²) in [4.78, 5) is 15.5. The third-order valence-corrected chi connectivity index (χ3v) is 5.19. The lowest BCUT2D eigenvalue weighted by molar-refractivity contribution is 0.130. The van der Waals surface area contributed by atoms with Gasteiger partial charge in [0.25, 0.3) is 0 Å². The fourth-order valence-electron chi connectivity index (χ4n) is 3.97. The van der Waals surface area contributed by atoms with Gasteiger partial charge in [-0.1, -0.05) is 18.2 Å². The summed E-state index contributed by atoms with van der Waals surface area (Å²) >= 11 is 0. The van der Waals surface area contributed by atoms with Gasteiger partial charge in [0.15, 0.2) is 0 Å². The summed E-state index contributed by atoms with van der Waals surface area (Å²) in [6.45, 7) is 2.56. The minimum atomic E-state index is 0.352. The van der Waals surface area contributed by atoms with Crippen LogP contribution in [0.25, 0.3) is 11.0 Å². The maximum Gasteiger partial charge on any atom is 0.121 e. The molecule has 0 saturated carbocycles. The number of methoxy groups -OCH3 is 1. The number of nitrogens with one attached hydrogen (secondary N) is 1. The zero-order chi connectivity index (χ0) is 17.8. The van der Waals surface area contributed by atoms with E-state index in [2.05, 4.69) is 34.1 Å². The Morgan fingerprint density at radius 2 is 2.15 bits per heavy atom. The van der Waals surface area contributed by atoms with E-state index in [0.29, 0.717) is 6.04 Å². The molecule has 1 aliphatic carbocycles. The molecule has 1 aliphatic rings. The van der Waals surface area contributed by atoms with E-state index in [1.807, 2.05) is 18.3 Å². The summed E-state index contributed by atoms with van der Waals surface area (Å²) in [5, 5.41) is 0. The fourth-order valence-corrected chi connectivity index (χ4v) is 3.97. The summed E-state index contributed by atoms with van der Waals surface area (Å²) in [7, 11) is 1.76. The van der Waals surface area contributed by atoms with Crippen LogP contribution in [-0.4, -0.2) is 40.1 Å². The third kappa shape index (κ3) is 3.64. The molecule has 5 heteroatoms. The Morgan fingerprint density at radius 3 is 3.04 bits per heavy atom. The molecule has 1 N–H and O–H groups in total. The zero-order valence-corrected chi connectivity index (χ0v) is 15.3. The van der Waals surface area contributed by atoms with Crippen LogP contribution in [0.1, 0.15) is 42.4 Å². The predicted octanol–water partition coefficient (Wildman–Crippen LogP) is 3.87. The molecule has 0 saturated heterocycles. The molecule has 0 bridgehead atoms. The molecule has 0 fully saturated rings. The quantitative estimate of drug-likeness (QED) is 0.657. The number of hydrogen-bond acceptors (Lipinski definition) is 4. The number of H-pyrrole nitrogens is 1. The standard InChI is InChI=1S/C21H26N4O/c1-26-14-6-13-25(15-20-23-17-9-2-3-10-18(17)24-20)19-11-4-7-16-8-5-12-22-21(16)19/h2-3,5,8-10,12,19H,4,6-7,11,13-15H2,1H3,(H,23,24)/t19-/m0/s1. The number of imidazole rings is 1. The van der Waals surface area contributed by atoms with E-state index in [-0.39, 0.29) is 0 Å². The summed E-state index contributed by atoms with van der Waals surface area (Å²) in [6, 6.07) is 12.8. The van der Waals surface area contributed by atoms with Crippen LogP contribution in [0, 0.1) is 0 Å². The van der Waals surface area contributed by atoms with Crippen LogP contribution in [-0.2, 0) is 17.7 Å². The lowest BCUT2D eigenvalue weighted by atomic mass is 9.90. The molecule has 1 aromatic carbocycles. The molecule has 0 radical (unpaired) electrons. The van der Waals surface area contributed by atoms with Gasteiger partial charge in [-0.2, -0.15) is 0 Å². The van der Waals surface area contributed by atoms with Crippen molar-refractivity contribution in [3.8, 4) is 0 Å². The number of benzene rings is 1. The minimum Gasteiger partial charge on any atom is -0.385 e. The highest BCUT2D eigenvalue weighted by Crippen LogP contribution is 2.33. The van der Waals surface area contributed by atoms with E-state index in [9.17, 15) is 0 Å². The highest BCUT2D eigenvalue weighted by molar-refractivity contribution is 5.74. The first kappa shape index (κ1) is 17.2. The van der Waals surface area contributed by atoms with E-state index in [1.165, 1.54) is 17.7 Å². The van der Waals surface area contributed by atoms with Gasteiger partial charge in [-0.05, 0) is 49.4 Å². The molecule has 0 unspecified atom stereocenters. The topological polar surface area (TPSA) is 54.0 Å². The first-order chi connectivity index (χ1) is 12.8. The second-order valence-corrected chi connectivity index (χ2v) is 6.97. The number of nitrogens with zero attached hydrogens (tertiary/aromatic N) is 3. The van der Waals surface area contributed by atoms with E-state index in [4.69, 9.17) is 14.7 Å². The van der Waals surface area contributed by atoms with Crippen LogP contribution in [0.2, 0.25) is 0 Å². The van der Waals surface area contributed by atoms with Crippen LogP contribution < -0.4 is 0 Å². The number of hydrogen-bond donors (Lipinski definition) is 1. The van der Waals surface area contributed by atoms with Crippen molar-refractivity contribution in [3.05, 3.63) is 59.7 Å². The number of pyridine rings is 1. The number of para-hydroxylation sites is 2.